The molecule has 1 saturated heterocycles. The van der Waals surface area contributed by atoms with Crippen LogP contribution in [0.5, 0.6) is 0 Å². The Labute approximate surface area is 117 Å². The first-order valence-corrected chi connectivity index (χ1v) is 6.58. The van der Waals surface area contributed by atoms with E-state index in [1.807, 2.05) is 18.2 Å². The van der Waals surface area contributed by atoms with Crippen molar-refractivity contribution < 1.29 is 9.53 Å². The van der Waals surface area contributed by atoms with E-state index in [0.717, 1.165) is 35.8 Å². The summed E-state index contributed by atoms with van der Waals surface area (Å²) in [7, 11) is 0. The molecule has 1 aliphatic heterocycles. The van der Waals surface area contributed by atoms with Crippen LogP contribution in [0.4, 0.5) is 5.69 Å². The van der Waals surface area contributed by atoms with E-state index < -0.39 is 0 Å². The molecule has 1 heterocycles. The van der Waals surface area contributed by atoms with Crippen molar-refractivity contribution in [3.05, 3.63) is 41.5 Å². The molecule has 0 aliphatic carbocycles. The van der Waals surface area contributed by atoms with Gasteiger partial charge in [0, 0.05) is 29.7 Å². The summed E-state index contributed by atoms with van der Waals surface area (Å²) in [5.74, 6) is 0. The van der Waals surface area contributed by atoms with Crippen LogP contribution >= 0.6 is 0 Å². The largest absolute Gasteiger partial charge is 0.378 e. The van der Waals surface area contributed by atoms with Crippen LogP contribution in [0.2, 0.25) is 0 Å². The fraction of sp³-hybridized carbons (Fsp3) is 0.250. The van der Waals surface area contributed by atoms with Crippen molar-refractivity contribution in [3.63, 3.8) is 0 Å². The number of nitrogens with zero attached hydrogens (tertiary/aromatic N) is 2. The fourth-order valence-electron chi connectivity index (χ4n) is 2.61. The second-order valence-corrected chi connectivity index (χ2v) is 4.76. The van der Waals surface area contributed by atoms with Crippen molar-refractivity contribution in [1.82, 2.24) is 0 Å². The maximum atomic E-state index is 11.2. The predicted octanol–water partition coefficient (Wildman–Crippen LogP) is 2.36. The third-order valence-corrected chi connectivity index (χ3v) is 3.64. The lowest BCUT2D eigenvalue weighted by molar-refractivity contribution is 0.112. The first kappa shape index (κ1) is 12.6. The average molecular weight is 266 g/mol. The Kier molecular flexibility index (Phi) is 3.36. The highest BCUT2D eigenvalue weighted by Gasteiger charge is 2.15. The van der Waals surface area contributed by atoms with Crippen molar-refractivity contribution in [2.75, 3.05) is 31.2 Å². The lowest BCUT2D eigenvalue weighted by Gasteiger charge is -2.30. The summed E-state index contributed by atoms with van der Waals surface area (Å²) in [4.78, 5) is 13.4. The third-order valence-electron chi connectivity index (χ3n) is 3.64. The molecule has 1 fully saturated rings. The number of aldehydes is 1. The van der Waals surface area contributed by atoms with Gasteiger partial charge in [-0.15, -0.1) is 0 Å². The predicted molar refractivity (Wildman–Crippen MR) is 77.1 cm³/mol. The Morgan fingerprint density at radius 2 is 1.95 bits per heavy atom. The molecule has 4 heteroatoms. The van der Waals surface area contributed by atoms with Gasteiger partial charge in [-0.25, -0.2) is 0 Å². The molecule has 0 unspecified atom stereocenters. The summed E-state index contributed by atoms with van der Waals surface area (Å²) < 4.78 is 5.37. The second-order valence-electron chi connectivity index (χ2n) is 4.76. The van der Waals surface area contributed by atoms with Crippen LogP contribution in [0, 0.1) is 11.3 Å². The van der Waals surface area contributed by atoms with E-state index in [1.165, 1.54) is 0 Å². The van der Waals surface area contributed by atoms with Crippen LogP contribution in [0.3, 0.4) is 0 Å². The van der Waals surface area contributed by atoms with Gasteiger partial charge in [0.25, 0.3) is 0 Å². The summed E-state index contributed by atoms with van der Waals surface area (Å²) in [6.07, 6.45) is 0.840. The standard InChI is InChI=1S/C16H14N2O2/c17-10-12-1-3-14-15(9-12)13(11-19)2-4-16(14)18-5-7-20-8-6-18/h1-4,9,11H,5-8H2. The van der Waals surface area contributed by atoms with E-state index in [-0.39, 0.29) is 0 Å². The van der Waals surface area contributed by atoms with Crippen molar-refractivity contribution >= 4 is 22.7 Å². The van der Waals surface area contributed by atoms with Gasteiger partial charge < -0.3 is 9.64 Å². The van der Waals surface area contributed by atoms with Crippen LogP contribution in [0.1, 0.15) is 15.9 Å². The molecule has 0 radical (unpaired) electrons. The lowest BCUT2D eigenvalue weighted by atomic mass is 10.0. The van der Waals surface area contributed by atoms with Gasteiger partial charge in [0.1, 0.15) is 0 Å². The van der Waals surface area contributed by atoms with Crippen molar-refractivity contribution in [1.29, 1.82) is 5.26 Å². The smallest absolute Gasteiger partial charge is 0.150 e. The van der Waals surface area contributed by atoms with Crippen LogP contribution in [-0.4, -0.2) is 32.6 Å². The molecule has 2 aromatic carbocycles. The molecular weight excluding hydrogens is 252 g/mol. The topological polar surface area (TPSA) is 53.3 Å². The molecule has 0 spiro atoms. The van der Waals surface area contributed by atoms with Gasteiger partial charge in [-0.2, -0.15) is 5.26 Å². The summed E-state index contributed by atoms with van der Waals surface area (Å²) >= 11 is 0. The van der Waals surface area contributed by atoms with Crippen LogP contribution in [-0.2, 0) is 4.74 Å². The Morgan fingerprint density at radius 1 is 1.15 bits per heavy atom. The summed E-state index contributed by atoms with van der Waals surface area (Å²) in [6.45, 7) is 3.12. The number of ether oxygens (including phenoxy) is 1. The first-order chi connectivity index (χ1) is 9.83. The molecule has 100 valence electrons. The molecule has 2 aromatic rings. The third kappa shape index (κ3) is 2.13. The van der Waals surface area contributed by atoms with E-state index in [9.17, 15) is 4.79 Å². The van der Waals surface area contributed by atoms with Gasteiger partial charge >= 0.3 is 0 Å². The van der Waals surface area contributed by atoms with E-state index in [1.54, 1.807) is 12.1 Å². The van der Waals surface area contributed by atoms with Gasteiger partial charge in [-0.3, -0.25) is 4.79 Å². The van der Waals surface area contributed by atoms with Crippen molar-refractivity contribution in [2.45, 2.75) is 0 Å². The molecule has 20 heavy (non-hydrogen) atoms. The lowest BCUT2D eigenvalue weighted by Crippen LogP contribution is -2.36. The molecule has 0 N–H and O–H groups in total. The number of carbonyl (C=O) groups excluding carboxylic acids is 1. The molecule has 0 aromatic heterocycles. The minimum atomic E-state index is 0.569. The number of fused-ring (bicyclic) bond motifs is 1. The molecular formula is C16H14N2O2. The zero-order valence-corrected chi connectivity index (χ0v) is 11.0. The van der Waals surface area contributed by atoms with Gasteiger partial charge in [0.2, 0.25) is 0 Å². The monoisotopic (exact) mass is 266 g/mol. The second kappa shape index (κ2) is 5.32. The maximum Gasteiger partial charge on any atom is 0.150 e. The summed E-state index contributed by atoms with van der Waals surface area (Å²) in [6, 6.07) is 11.4. The van der Waals surface area contributed by atoms with E-state index in [2.05, 4.69) is 11.0 Å². The highest BCUT2D eigenvalue weighted by molar-refractivity contribution is 6.04. The molecule has 0 bridgehead atoms. The highest BCUT2D eigenvalue weighted by atomic mass is 16.5. The number of hydrogen-bond acceptors (Lipinski definition) is 4. The minimum Gasteiger partial charge on any atom is -0.378 e. The van der Waals surface area contributed by atoms with Gasteiger partial charge in [0.05, 0.1) is 24.8 Å². The van der Waals surface area contributed by atoms with Gasteiger partial charge in [-0.05, 0) is 29.7 Å². The number of anilines is 1. The summed E-state index contributed by atoms with van der Waals surface area (Å²) in [5.41, 5.74) is 2.28. The minimum absolute atomic E-state index is 0.569. The van der Waals surface area contributed by atoms with E-state index in [0.29, 0.717) is 24.3 Å². The molecule has 0 saturated carbocycles. The van der Waals surface area contributed by atoms with Crippen molar-refractivity contribution in [2.24, 2.45) is 0 Å². The number of carbonyl (C=O) groups is 1. The van der Waals surface area contributed by atoms with Crippen LogP contribution in [0.15, 0.2) is 30.3 Å². The molecule has 0 atom stereocenters. The normalized spacial score (nSPS) is 15.1. The van der Waals surface area contributed by atoms with Gasteiger partial charge in [-0.1, -0.05) is 6.07 Å². The molecule has 0 amide bonds. The van der Waals surface area contributed by atoms with Crippen LogP contribution < -0.4 is 4.90 Å². The van der Waals surface area contributed by atoms with E-state index in [4.69, 9.17) is 10.00 Å². The molecule has 3 rings (SSSR count). The number of morpholine rings is 1. The number of rotatable bonds is 2. The van der Waals surface area contributed by atoms with Crippen molar-refractivity contribution in [3.8, 4) is 6.07 Å². The quantitative estimate of drug-likeness (QED) is 0.783. The molecule has 4 nitrogen and oxygen atoms in total. The maximum absolute atomic E-state index is 11.2. The molecule has 1 aliphatic rings. The Morgan fingerprint density at radius 3 is 2.65 bits per heavy atom. The SMILES string of the molecule is N#Cc1ccc2c(N3CCOCC3)ccc(C=O)c2c1. The summed E-state index contributed by atoms with van der Waals surface area (Å²) in [5, 5.41) is 10.9. The van der Waals surface area contributed by atoms with Gasteiger partial charge in [0.15, 0.2) is 6.29 Å². The zero-order valence-electron chi connectivity index (χ0n) is 11.0. The number of nitriles is 1. The van der Waals surface area contributed by atoms with Crippen LogP contribution in [0.25, 0.3) is 10.8 Å². The van der Waals surface area contributed by atoms with E-state index >= 15 is 0 Å². The highest BCUT2D eigenvalue weighted by Crippen LogP contribution is 2.30. The fourth-order valence-corrected chi connectivity index (χ4v) is 2.61. The Hall–Kier alpha value is -2.38. The Balaban J connectivity index is 2.19. The number of hydrogen-bond donors (Lipinski definition) is 0. The average Bonchev–Trinajstić information content (AvgIpc) is 2.54. The first-order valence-electron chi connectivity index (χ1n) is 6.58. The Bertz CT molecular complexity index is 697. The number of benzene rings is 2. The zero-order chi connectivity index (χ0) is 13.9.